The predicted molar refractivity (Wildman–Crippen MR) is 118 cm³/mol. The first-order chi connectivity index (χ1) is 15.4. The number of phenols is 1. The lowest BCUT2D eigenvalue weighted by molar-refractivity contribution is 0.0553. The molecule has 0 atom stereocenters. The summed E-state index contributed by atoms with van der Waals surface area (Å²) >= 11 is 0. The van der Waals surface area contributed by atoms with E-state index in [2.05, 4.69) is 0 Å². The minimum Gasteiger partial charge on any atom is -0.506 e. The SMILES string of the molecule is COCc1cc(OC)cc(OC)c1-c1c(C(=O)OC)c(C(=O)OC)c(O)c2ccccc12. The van der Waals surface area contributed by atoms with Crippen LogP contribution in [0.2, 0.25) is 0 Å². The number of fused-ring (bicyclic) bond motifs is 1. The molecule has 0 heterocycles. The largest absolute Gasteiger partial charge is 0.506 e. The van der Waals surface area contributed by atoms with Crippen molar-refractivity contribution in [2.75, 3.05) is 35.5 Å². The standard InChI is InChI=1S/C24H24O8/c1-28-12-13-10-14(29-2)11-17(30-3)18(13)19-15-8-6-7-9-16(15)22(25)21(24(27)32-5)20(19)23(26)31-4/h6-11,25H,12H2,1-5H3. The summed E-state index contributed by atoms with van der Waals surface area (Å²) in [5.74, 6) is -1.17. The molecule has 0 bridgehead atoms. The first kappa shape index (κ1) is 22.9. The van der Waals surface area contributed by atoms with Crippen molar-refractivity contribution in [1.82, 2.24) is 0 Å². The van der Waals surface area contributed by atoms with E-state index in [0.717, 1.165) is 0 Å². The van der Waals surface area contributed by atoms with Crippen molar-refractivity contribution in [3.05, 3.63) is 53.1 Å². The number of hydrogen-bond acceptors (Lipinski definition) is 8. The maximum atomic E-state index is 13.0. The molecule has 0 saturated heterocycles. The zero-order valence-corrected chi connectivity index (χ0v) is 18.5. The van der Waals surface area contributed by atoms with E-state index in [0.29, 0.717) is 39.0 Å². The second-order valence-electron chi connectivity index (χ2n) is 6.80. The molecule has 0 aliphatic carbocycles. The fourth-order valence-corrected chi connectivity index (χ4v) is 3.76. The third-order valence-electron chi connectivity index (χ3n) is 5.13. The average Bonchev–Trinajstić information content (AvgIpc) is 2.83. The Hall–Kier alpha value is -3.78. The van der Waals surface area contributed by atoms with Crippen LogP contribution in [0.4, 0.5) is 0 Å². The first-order valence-corrected chi connectivity index (χ1v) is 9.61. The van der Waals surface area contributed by atoms with E-state index in [1.54, 1.807) is 36.4 Å². The monoisotopic (exact) mass is 440 g/mol. The molecule has 3 rings (SSSR count). The molecular weight excluding hydrogens is 416 g/mol. The highest BCUT2D eigenvalue weighted by atomic mass is 16.5. The van der Waals surface area contributed by atoms with Gasteiger partial charge in [-0.3, -0.25) is 0 Å². The Morgan fingerprint density at radius 3 is 2.00 bits per heavy atom. The number of esters is 2. The number of rotatable bonds is 7. The number of aromatic hydroxyl groups is 1. The highest BCUT2D eigenvalue weighted by Gasteiger charge is 2.32. The summed E-state index contributed by atoms with van der Waals surface area (Å²) in [5, 5.41) is 11.8. The van der Waals surface area contributed by atoms with E-state index in [1.165, 1.54) is 35.5 Å². The van der Waals surface area contributed by atoms with Gasteiger partial charge in [-0.2, -0.15) is 0 Å². The van der Waals surface area contributed by atoms with Gasteiger partial charge in [0.1, 0.15) is 22.8 Å². The van der Waals surface area contributed by atoms with Gasteiger partial charge >= 0.3 is 11.9 Å². The van der Waals surface area contributed by atoms with E-state index >= 15 is 0 Å². The lowest BCUT2D eigenvalue weighted by Gasteiger charge is -2.22. The summed E-state index contributed by atoms with van der Waals surface area (Å²) in [6.45, 7) is 0.159. The lowest BCUT2D eigenvalue weighted by Crippen LogP contribution is -2.15. The Bertz CT molecular complexity index is 1180. The molecule has 0 radical (unpaired) electrons. The van der Waals surface area contributed by atoms with Crippen molar-refractivity contribution in [1.29, 1.82) is 0 Å². The molecule has 32 heavy (non-hydrogen) atoms. The van der Waals surface area contributed by atoms with Crippen LogP contribution in [0.3, 0.4) is 0 Å². The molecule has 1 N–H and O–H groups in total. The maximum Gasteiger partial charge on any atom is 0.342 e. The van der Waals surface area contributed by atoms with Gasteiger partial charge in [-0.15, -0.1) is 0 Å². The number of benzene rings is 3. The molecule has 0 aliphatic rings. The molecule has 8 heteroatoms. The molecule has 8 nitrogen and oxygen atoms in total. The van der Waals surface area contributed by atoms with Gasteiger partial charge in [-0.05, 0) is 17.0 Å². The van der Waals surface area contributed by atoms with Gasteiger partial charge in [0.05, 0.1) is 40.6 Å². The van der Waals surface area contributed by atoms with Gasteiger partial charge < -0.3 is 28.8 Å². The molecule has 168 valence electrons. The van der Waals surface area contributed by atoms with E-state index in [1.807, 2.05) is 0 Å². The predicted octanol–water partition coefficient (Wildman–Crippen LogP) is 3.95. The van der Waals surface area contributed by atoms with Crippen molar-refractivity contribution < 1.29 is 38.4 Å². The van der Waals surface area contributed by atoms with Crippen LogP contribution in [0.25, 0.3) is 21.9 Å². The van der Waals surface area contributed by atoms with Crippen LogP contribution in [0.15, 0.2) is 36.4 Å². The van der Waals surface area contributed by atoms with Crippen LogP contribution in [0.1, 0.15) is 26.3 Å². The van der Waals surface area contributed by atoms with Gasteiger partial charge in [0.2, 0.25) is 0 Å². The fourth-order valence-electron chi connectivity index (χ4n) is 3.76. The number of phenolic OH excluding ortho intramolecular Hbond substituents is 1. The number of methoxy groups -OCH3 is 5. The van der Waals surface area contributed by atoms with Crippen molar-refractivity contribution >= 4 is 22.7 Å². The van der Waals surface area contributed by atoms with Crippen molar-refractivity contribution in [3.8, 4) is 28.4 Å². The minimum atomic E-state index is -0.879. The topological polar surface area (TPSA) is 101 Å². The zero-order valence-electron chi connectivity index (χ0n) is 18.5. The summed E-state index contributed by atoms with van der Waals surface area (Å²) < 4.78 is 26.3. The van der Waals surface area contributed by atoms with Crippen molar-refractivity contribution in [2.45, 2.75) is 6.61 Å². The summed E-state index contributed by atoms with van der Waals surface area (Å²) in [6.07, 6.45) is 0. The van der Waals surface area contributed by atoms with Crippen LogP contribution < -0.4 is 9.47 Å². The molecule has 0 aromatic heterocycles. The van der Waals surface area contributed by atoms with Gasteiger partial charge in [-0.1, -0.05) is 24.3 Å². The van der Waals surface area contributed by atoms with E-state index in [9.17, 15) is 14.7 Å². The van der Waals surface area contributed by atoms with Crippen LogP contribution in [-0.4, -0.2) is 52.6 Å². The molecule has 0 fully saturated rings. The number of carbonyl (C=O) groups excluding carboxylic acids is 2. The Balaban J connectivity index is 2.64. The second-order valence-corrected chi connectivity index (χ2v) is 6.80. The number of ether oxygens (including phenoxy) is 5. The maximum absolute atomic E-state index is 13.0. The molecule has 3 aromatic carbocycles. The summed E-state index contributed by atoms with van der Waals surface area (Å²) in [4.78, 5) is 25.7. The fraction of sp³-hybridized carbons (Fsp3) is 0.250. The highest BCUT2D eigenvalue weighted by Crippen LogP contribution is 2.47. The summed E-state index contributed by atoms with van der Waals surface area (Å²) in [6, 6.07) is 10.3. The van der Waals surface area contributed by atoms with Gasteiger partial charge in [-0.25, -0.2) is 9.59 Å². The third-order valence-corrected chi connectivity index (χ3v) is 5.13. The quantitative estimate of drug-likeness (QED) is 0.551. The van der Waals surface area contributed by atoms with Gasteiger partial charge in [0, 0.05) is 29.7 Å². The average molecular weight is 440 g/mol. The van der Waals surface area contributed by atoms with E-state index in [-0.39, 0.29) is 23.5 Å². The molecule has 0 aliphatic heterocycles. The Kier molecular flexibility index (Phi) is 6.85. The molecule has 0 amide bonds. The lowest BCUT2D eigenvalue weighted by atomic mass is 9.86. The van der Waals surface area contributed by atoms with Crippen LogP contribution >= 0.6 is 0 Å². The smallest absolute Gasteiger partial charge is 0.342 e. The Labute approximate surface area is 185 Å². The number of hydrogen-bond donors (Lipinski definition) is 1. The number of carbonyl (C=O) groups is 2. The van der Waals surface area contributed by atoms with Gasteiger partial charge in [0.25, 0.3) is 0 Å². The van der Waals surface area contributed by atoms with Crippen LogP contribution in [0.5, 0.6) is 17.2 Å². The molecular formula is C24H24O8. The van der Waals surface area contributed by atoms with Crippen LogP contribution in [0, 0.1) is 0 Å². The van der Waals surface area contributed by atoms with E-state index < -0.39 is 11.9 Å². The molecule has 0 unspecified atom stereocenters. The highest BCUT2D eigenvalue weighted by molar-refractivity contribution is 6.19. The minimum absolute atomic E-state index is 0.142. The zero-order chi connectivity index (χ0) is 23.4. The van der Waals surface area contributed by atoms with Crippen molar-refractivity contribution in [3.63, 3.8) is 0 Å². The molecule has 0 spiro atoms. The Morgan fingerprint density at radius 1 is 0.812 bits per heavy atom. The van der Waals surface area contributed by atoms with Crippen molar-refractivity contribution in [2.24, 2.45) is 0 Å². The Morgan fingerprint density at radius 2 is 1.44 bits per heavy atom. The summed E-state index contributed by atoms with van der Waals surface area (Å²) in [7, 11) is 6.90. The summed E-state index contributed by atoms with van der Waals surface area (Å²) in [5.41, 5.74) is 1.04. The van der Waals surface area contributed by atoms with Gasteiger partial charge in [0.15, 0.2) is 0 Å². The second kappa shape index (κ2) is 9.57. The first-order valence-electron chi connectivity index (χ1n) is 9.61. The van der Waals surface area contributed by atoms with Crippen LogP contribution in [-0.2, 0) is 20.8 Å². The third kappa shape index (κ3) is 3.80. The molecule has 0 saturated carbocycles. The molecule has 3 aromatic rings. The van der Waals surface area contributed by atoms with E-state index in [4.69, 9.17) is 23.7 Å². The normalized spacial score (nSPS) is 10.7.